The van der Waals surface area contributed by atoms with Crippen molar-refractivity contribution in [3.8, 4) is 0 Å². The van der Waals surface area contributed by atoms with Crippen molar-refractivity contribution in [2.75, 3.05) is 10.6 Å². The van der Waals surface area contributed by atoms with Crippen molar-refractivity contribution in [3.63, 3.8) is 0 Å². The van der Waals surface area contributed by atoms with Gasteiger partial charge in [0.15, 0.2) is 5.65 Å². The highest BCUT2D eigenvalue weighted by Crippen LogP contribution is 2.28. The predicted octanol–water partition coefficient (Wildman–Crippen LogP) is 2.89. The van der Waals surface area contributed by atoms with Crippen molar-refractivity contribution in [2.45, 2.75) is 25.4 Å². The van der Waals surface area contributed by atoms with Gasteiger partial charge >= 0.3 is 6.03 Å². The number of benzene rings is 1. The van der Waals surface area contributed by atoms with Gasteiger partial charge in [-0.05, 0) is 37.1 Å². The van der Waals surface area contributed by atoms with Crippen LogP contribution in [0, 0.1) is 5.82 Å². The summed E-state index contributed by atoms with van der Waals surface area (Å²) in [5, 5.41) is 15.9. The van der Waals surface area contributed by atoms with E-state index in [1.807, 2.05) is 0 Å². The molecule has 0 radical (unpaired) electrons. The molecule has 0 atom stereocenters. The Balaban J connectivity index is 1.50. The molecule has 9 nitrogen and oxygen atoms in total. The van der Waals surface area contributed by atoms with Gasteiger partial charge in [0.2, 0.25) is 0 Å². The summed E-state index contributed by atoms with van der Waals surface area (Å²) in [5.74, 6) is 0.319. The van der Waals surface area contributed by atoms with Crippen LogP contribution in [0.4, 0.5) is 20.8 Å². The van der Waals surface area contributed by atoms with Crippen molar-refractivity contribution in [3.05, 3.63) is 58.1 Å². The van der Waals surface area contributed by atoms with Crippen molar-refractivity contribution >= 4 is 46.9 Å². The minimum atomic E-state index is -0.581. The van der Waals surface area contributed by atoms with Gasteiger partial charge in [-0.3, -0.25) is 10.1 Å². The van der Waals surface area contributed by atoms with Gasteiger partial charge in [-0.2, -0.15) is 9.61 Å². The summed E-state index contributed by atoms with van der Waals surface area (Å²) in [5.41, 5.74) is 1.54. The molecule has 1 saturated heterocycles. The number of imide groups is 1. The van der Waals surface area contributed by atoms with E-state index in [0.29, 0.717) is 39.5 Å². The van der Waals surface area contributed by atoms with Crippen LogP contribution in [0.3, 0.4) is 0 Å². The van der Waals surface area contributed by atoms with E-state index in [-0.39, 0.29) is 18.1 Å². The number of rotatable bonds is 6. The summed E-state index contributed by atoms with van der Waals surface area (Å²) >= 11 is 5.97. The van der Waals surface area contributed by atoms with E-state index in [1.165, 1.54) is 18.2 Å². The van der Waals surface area contributed by atoms with Gasteiger partial charge in [0.25, 0.3) is 5.91 Å². The Hall–Kier alpha value is -3.66. The fraction of sp³-hybridized carbons (Fsp3) is 0.200. The molecule has 2 fully saturated rings. The topological polar surface area (TPSA) is 112 Å². The number of nitrogens with one attached hydrogen (secondary N) is 4. The van der Waals surface area contributed by atoms with Gasteiger partial charge in [0.1, 0.15) is 23.1 Å². The summed E-state index contributed by atoms with van der Waals surface area (Å²) in [4.78, 5) is 27.8. The number of anilines is 2. The Morgan fingerprint density at radius 1 is 1.26 bits per heavy atom. The molecule has 3 aromatic rings. The van der Waals surface area contributed by atoms with E-state index >= 15 is 0 Å². The number of hydrogen-bond donors (Lipinski definition) is 4. The summed E-state index contributed by atoms with van der Waals surface area (Å²) < 4.78 is 15.7. The Kier molecular flexibility index (Phi) is 4.70. The molecule has 1 saturated carbocycles. The first-order chi connectivity index (χ1) is 15.0. The number of aromatic nitrogens is 3. The maximum atomic E-state index is 14.1. The fourth-order valence-corrected chi connectivity index (χ4v) is 3.41. The lowest BCUT2D eigenvalue weighted by molar-refractivity contribution is -0.115. The molecule has 2 aliphatic rings. The third kappa shape index (κ3) is 4.02. The molecule has 3 heterocycles. The van der Waals surface area contributed by atoms with Crippen LogP contribution in [0.5, 0.6) is 0 Å². The summed E-state index contributed by atoms with van der Waals surface area (Å²) in [6, 6.07) is 5.94. The van der Waals surface area contributed by atoms with Gasteiger partial charge in [-0.1, -0.05) is 11.6 Å². The third-order valence-electron chi connectivity index (χ3n) is 4.92. The molecule has 1 aromatic carbocycles. The lowest BCUT2D eigenvalue weighted by Crippen LogP contribution is -2.22. The fourth-order valence-electron chi connectivity index (χ4n) is 3.21. The van der Waals surface area contributed by atoms with E-state index in [0.717, 1.165) is 12.8 Å². The van der Waals surface area contributed by atoms with E-state index in [2.05, 4.69) is 31.3 Å². The number of carbonyl (C=O) groups is 2. The second-order valence-corrected chi connectivity index (χ2v) is 7.77. The summed E-state index contributed by atoms with van der Waals surface area (Å²) in [6.07, 6.45) is 5.19. The van der Waals surface area contributed by atoms with Gasteiger partial charge in [-0.15, -0.1) is 0 Å². The highest BCUT2D eigenvalue weighted by atomic mass is 35.5. The first-order valence-electron chi connectivity index (χ1n) is 9.63. The second-order valence-electron chi connectivity index (χ2n) is 7.34. The Morgan fingerprint density at radius 3 is 2.84 bits per heavy atom. The Labute approximate surface area is 180 Å². The Morgan fingerprint density at radius 2 is 2.10 bits per heavy atom. The van der Waals surface area contributed by atoms with Gasteiger partial charge in [-0.25, -0.2) is 14.2 Å². The highest BCUT2D eigenvalue weighted by Gasteiger charge is 2.25. The molecule has 11 heteroatoms. The molecule has 0 bridgehead atoms. The number of fused-ring (bicyclic) bond motifs is 1. The number of hydrogen-bond acceptors (Lipinski definition) is 6. The smallest absolute Gasteiger partial charge is 0.326 e. The minimum absolute atomic E-state index is 0.109. The highest BCUT2D eigenvalue weighted by molar-refractivity contribution is 6.30. The molecule has 158 valence electrons. The average molecular weight is 442 g/mol. The first-order valence-corrected chi connectivity index (χ1v) is 10.0. The average Bonchev–Trinajstić information content (AvgIpc) is 3.37. The monoisotopic (exact) mass is 441 g/mol. The van der Waals surface area contributed by atoms with E-state index in [1.54, 1.807) is 22.8 Å². The molecule has 2 aromatic heterocycles. The molecule has 31 heavy (non-hydrogen) atoms. The summed E-state index contributed by atoms with van der Waals surface area (Å²) in [7, 11) is 0. The normalized spacial score (nSPS) is 17.2. The predicted molar refractivity (Wildman–Crippen MR) is 113 cm³/mol. The summed E-state index contributed by atoms with van der Waals surface area (Å²) in [6.45, 7) is 0.182. The quantitative estimate of drug-likeness (QED) is 0.345. The molecule has 5 rings (SSSR count). The first kappa shape index (κ1) is 19.3. The lowest BCUT2D eigenvalue weighted by atomic mass is 10.2. The minimum Gasteiger partial charge on any atom is -0.367 e. The molecule has 0 unspecified atom stereocenters. The van der Waals surface area contributed by atoms with Gasteiger partial charge in [0.05, 0.1) is 6.20 Å². The van der Waals surface area contributed by atoms with E-state index in [9.17, 15) is 14.0 Å². The van der Waals surface area contributed by atoms with Crippen LogP contribution >= 0.6 is 11.6 Å². The van der Waals surface area contributed by atoms with Crippen LogP contribution in [-0.2, 0) is 11.3 Å². The lowest BCUT2D eigenvalue weighted by Gasteiger charge is -2.12. The largest absolute Gasteiger partial charge is 0.367 e. The van der Waals surface area contributed by atoms with Gasteiger partial charge < -0.3 is 16.0 Å². The zero-order valence-electron chi connectivity index (χ0n) is 16.1. The number of carbonyl (C=O) groups excluding carboxylic acids is 2. The van der Waals surface area contributed by atoms with Crippen LogP contribution in [0.15, 0.2) is 36.2 Å². The van der Waals surface area contributed by atoms with Crippen molar-refractivity contribution in [1.82, 2.24) is 25.2 Å². The third-order valence-corrected chi connectivity index (χ3v) is 5.15. The zero-order chi connectivity index (χ0) is 21.5. The van der Waals surface area contributed by atoms with E-state index < -0.39 is 11.9 Å². The number of urea groups is 1. The van der Waals surface area contributed by atoms with E-state index in [4.69, 9.17) is 11.6 Å². The van der Waals surface area contributed by atoms with Crippen LogP contribution < -0.4 is 21.3 Å². The molecule has 3 amide bonds. The van der Waals surface area contributed by atoms with Gasteiger partial charge in [0, 0.05) is 34.8 Å². The zero-order valence-corrected chi connectivity index (χ0v) is 16.8. The number of nitrogens with zero attached hydrogens (tertiary/aromatic N) is 3. The SMILES string of the molecule is O=C1NC(=O)/C(=C/c2cnn3c(NC4CC4)cc(NCc4cc(Cl)ccc4F)nc23)N1. The number of amides is 3. The molecular weight excluding hydrogens is 425 g/mol. The maximum absolute atomic E-state index is 14.1. The molecule has 1 aliphatic heterocycles. The second kappa shape index (κ2) is 7.55. The van der Waals surface area contributed by atoms with Crippen molar-refractivity contribution in [1.29, 1.82) is 0 Å². The molecule has 4 N–H and O–H groups in total. The standard InChI is InChI=1S/C20H17ClFN7O2/c21-12-1-4-14(22)10(5-12)8-23-16-7-17(25-13-2-3-13)29-18(27-16)11(9-24-29)6-15-19(30)28-20(31)26-15/h1,4-7,9,13,25H,2-3,8H2,(H,23,27)(H2,26,28,30,31)/b15-6-. The van der Waals surface area contributed by atoms with Crippen LogP contribution in [-0.4, -0.2) is 32.6 Å². The van der Waals surface area contributed by atoms with Crippen molar-refractivity contribution in [2.24, 2.45) is 0 Å². The maximum Gasteiger partial charge on any atom is 0.326 e. The molecule has 1 aliphatic carbocycles. The van der Waals surface area contributed by atoms with Crippen LogP contribution in [0.25, 0.3) is 11.7 Å². The van der Waals surface area contributed by atoms with Crippen molar-refractivity contribution < 1.29 is 14.0 Å². The van der Waals surface area contributed by atoms with Crippen LogP contribution in [0.1, 0.15) is 24.0 Å². The number of halogens is 2. The Bertz CT molecular complexity index is 1250. The van der Waals surface area contributed by atoms with Crippen LogP contribution in [0.2, 0.25) is 5.02 Å². The molecule has 0 spiro atoms. The molecular formula is C20H17ClFN7O2.